The van der Waals surface area contributed by atoms with Gasteiger partial charge in [-0.05, 0) is 84.0 Å². The van der Waals surface area contributed by atoms with Crippen molar-refractivity contribution in [3.63, 3.8) is 0 Å². The number of likely N-dealkylation sites (tertiary alicyclic amines) is 1. The number of pyridine rings is 1. The lowest BCUT2D eigenvalue weighted by molar-refractivity contribution is -0.119. The first-order valence-corrected chi connectivity index (χ1v) is 15.4. The van der Waals surface area contributed by atoms with Crippen LogP contribution in [-0.2, 0) is 15.9 Å². The second kappa shape index (κ2) is 12.6. The molecule has 2 heterocycles. The van der Waals surface area contributed by atoms with Crippen molar-refractivity contribution in [2.75, 3.05) is 17.2 Å². The van der Waals surface area contributed by atoms with Crippen LogP contribution in [0.4, 0.5) is 20.6 Å². The van der Waals surface area contributed by atoms with E-state index in [1.165, 1.54) is 23.8 Å². The summed E-state index contributed by atoms with van der Waals surface area (Å²) in [4.78, 5) is 32.8. The first kappa shape index (κ1) is 30.7. The molecule has 3 atom stereocenters. The van der Waals surface area contributed by atoms with Crippen LogP contribution >= 0.6 is 11.6 Å². The maximum absolute atomic E-state index is 15.3. The standard InChI is InChI=1S/C35H35ClFN5O3/c36-27-9-11-28(12-10-27)40-33(44)42-22-34(45,24-4-2-1-3-5-24)21-31(42)32(43)41-30-20-26(8-13-29(30)37)35(38,17-14-23-6-7-23)25-15-18-39-19-16-25/h1-5,8-13,15-16,18-20,23,31,45H,6-7,14,17,21-22,38H2,(H,40,44)(H,41,43)/t31-,34-,35?/m1/s1. The first-order valence-electron chi connectivity index (χ1n) is 15.1. The van der Waals surface area contributed by atoms with Crippen LogP contribution in [0.5, 0.6) is 0 Å². The lowest BCUT2D eigenvalue weighted by Crippen LogP contribution is -2.45. The lowest BCUT2D eigenvalue weighted by Gasteiger charge is -2.31. The Morgan fingerprint density at radius 1 is 1.00 bits per heavy atom. The quantitative estimate of drug-likeness (QED) is 0.171. The summed E-state index contributed by atoms with van der Waals surface area (Å²) < 4.78 is 15.3. The number of nitrogens with one attached hydrogen (secondary N) is 2. The molecule has 0 radical (unpaired) electrons. The van der Waals surface area contributed by atoms with Gasteiger partial charge in [-0.1, -0.05) is 60.8 Å². The number of benzene rings is 3. The van der Waals surface area contributed by atoms with Crippen LogP contribution in [-0.4, -0.2) is 39.5 Å². The van der Waals surface area contributed by atoms with Crippen molar-refractivity contribution in [2.24, 2.45) is 11.7 Å². The largest absolute Gasteiger partial charge is 0.383 e. The number of carbonyl (C=O) groups is 2. The van der Waals surface area contributed by atoms with Crippen molar-refractivity contribution in [1.29, 1.82) is 0 Å². The van der Waals surface area contributed by atoms with E-state index in [1.807, 2.05) is 18.2 Å². The summed E-state index contributed by atoms with van der Waals surface area (Å²) in [5.74, 6) is -0.640. The third kappa shape index (κ3) is 6.71. The van der Waals surface area contributed by atoms with Crippen LogP contribution in [0, 0.1) is 11.7 Å². The molecule has 0 bridgehead atoms. The summed E-state index contributed by atoms with van der Waals surface area (Å²) >= 11 is 5.99. The number of rotatable bonds is 9. The van der Waals surface area contributed by atoms with Crippen LogP contribution in [0.3, 0.4) is 0 Å². The number of anilines is 2. The molecule has 1 aliphatic carbocycles. The molecule has 6 rings (SSSR count). The molecule has 4 aromatic rings. The smallest absolute Gasteiger partial charge is 0.322 e. The van der Waals surface area contributed by atoms with E-state index in [0.717, 1.165) is 12.0 Å². The summed E-state index contributed by atoms with van der Waals surface area (Å²) in [6.07, 6.45) is 7.20. The van der Waals surface area contributed by atoms with Gasteiger partial charge >= 0.3 is 6.03 Å². The number of carbonyl (C=O) groups excluding carboxylic acids is 2. The highest BCUT2D eigenvalue weighted by Gasteiger charge is 2.49. The number of halogens is 2. The molecule has 10 heteroatoms. The average Bonchev–Trinajstić information content (AvgIpc) is 3.82. The minimum absolute atomic E-state index is 0.0546. The van der Waals surface area contributed by atoms with E-state index >= 15 is 4.39 Å². The molecule has 3 aromatic carbocycles. The molecule has 1 aromatic heterocycles. The number of nitrogens with two attached hydrogens (primary N) is 1. The van der Waals surface area contributed by atoms with E-state index in [4.69, 9.17) is 17.3 Å². The maximum Gasteiger partial charge on any atom is 0.322 e. The van der Waals surface area contributed by atoms with E-state index in [-0.39, 0.29) is 18.7 Å². The van der Waals surface area contributed by atoms with Crippen molar-refractivity contribution in [3.8, 4) is 0 Å². The van der Waals surface area contributed by atoms with Gasteiger partial charge in [0, 0.05) is 29.5 Å². The molecule has 232 valence electrons. The molecule has 45 heavy (non-hydrogen) atoms. The Hall–Kier alpha value is -4.31. The third-order valence-electron chi connectivity index (χ3n) is 8.89. The monoisotopic (exact) mass is 627 g/mol. The van der Waals surface area contributed by atoms with Crippen LogP contribution in [0.2, 0.25) is 5.02 Å². The Bertz CT molecular complexity index is 1670. The molecule has 1 aliphatic heterocycles. The van der Waals surface area contributed by atoms with E-state index < -0.39 is 34.9 Å². The predicted octanol–water partition coefficient (Wildman–Crippen LogP) is 6.40. The zero-order valence-electron chi connectivity index (χ0n) is 24.6. The highest BCUT2D eigenvalue weighted by molar-refractivity contribution is 6.30. The van der Waals surface area contributed by atoms with E-state index in [1.54, 1.807) is 73.1 Å². The number of aromatic nitrogens is 1. The molecule has 5 N–H and O–H groups in total. The fourth-order valence-corrected chi connectivity index (χ4v) is 6.20. The molecule has 1 saturated heterocycles. The topological polar surface area (TPSA) is 121 Å². The second-order valence-electron chi connectivity index (χ2n) is 12.1. The third-order valence-corrected chi connectivity index (χ3v) is 9.14. The Labute approximate surface area is 266 Å². The van der Waals surface area contributed by atoms with Gasteiger partial charge in [-0.25, -0.2) is 9.18 Å². The normalized spacial score (nSPS) is 20.8. The van der Waals surface area contributed by atoms with Crippen molar-refractivity contribution in [1.82, 2.24) is 9.88 Å². The number of nitrogens with zero attached hydrogens (tertiary/aromatic N) is 2. The van der Waals surface area contributed by atoms with E-state index in [2.05, 4.69) is 15.6 Å². The fourth-order valence-electron chi connectivity index (χ4n) is 6.08. The Kier molecular flexibility index (Phi) is 8.59. The first-order chi connectivity index (χ1) is 21.6. The summed E-state index contributed by atoms with van der Waals surface area (Å²) in [6.45, 7) is -0.147. The number of amides is 3. The molecular formula is C35H35ClFN5O3. The maximum atomic E-state index is 15.3. The zero-order chi connectivity index (χ0) is 31.6. The number of aliphatic hydroxyl groups is 1. The molecular weight excluding hydrogens is 593 g/mol. The van der Waals surface area contributed by atoms with Gasteiger partial charge in [-0.2, -0.15) is 0 Å². The number of β-amino-alcohol motifs (C(OH)–C–C–N with tert-alkyl or cyclic N) is 1. The Morgan fingerprint density at radius 2 is 1.71 bits per heavy atom. The van der Waals surface area contributed by atoms with Gasteiger partial charge in [0.25, 0.3) is 0 Å². The van der Waals surface area contributed by atoms with Gasteiger partial charge in [-0.15, -0.1) is 0 Å². The van der Waals surface area contributed by atoms with Crippen LogP contribution in [0.25, 0.3) is 0 Å². The highest BCUT2D eigenvalue weighted by Crippen LogP contribution is 2.41. The van der Waals surface area contributed by atoms with Crippen LogP contribution < -0.4 is 16.4 Å². The SMILES string of the molecule is NC(CCC1CC1)(c1ccncc1)c1ccc(F)c(NC(=O)[C@H]2C[C@](O)(c3ccccc3)CN2C(=O)Nc2ccc(Cl)cc2)c1. The molecule has 1 saturated carbocycles. The van der Waals surface area contributed by atoms with Crippen LogP contribution in [0.1, 0.15) is 48.8 Å². The number of hydrogen-bond acceptors (Lipinski definition) is 5. The van der Waals surface area contributed by atoms with Crippen LogP contribution in [0.15, 0.2) is 97.3 Å². The van der Waals surface area contributed by atoms with Crippen molar-refractivity contribution in [2.45, 2.75) is 49.3 Å². The van der Waals surface area contributed by atoms with Gasteiger partial charge in [0.2, 0.25) is 5.91 Å². The summed E-state index contributed by atoms with van der Waals surface area (Å²) in [6, 6.07) is 22.0. The molecule has 2 aliphatic rings. The Balaban J connectivity index is 1.29. The predicted molar refractivity (Wildman–Crippen MR) is 172 cm³/mol. The molecule has 3 amide bonds. The number of hydrogen-bond donors (Lipinski definition) is 4. The van der Waals surface area contributed by atoms with Gasteiger partial charge in [0.1, 0.15) is 17.5 Å². The number of urea groups is 1. The highest BCUT2D eigenvalue weighted by atomic mass is 35.5. The minimum Gasteiger partial charge on any atom is -0.383 e. The molecule has 0 spiro atoms. The zero-order valence-corrected chi connectivity index (χ0v) is 25.4. The molecule has 1 unspecified atom stereocenters. The van der Waals surface area contributed by atoms with Crippen molar-refractivity contribution < 1.29 is 19.1 Å². The second-order valence-corrected chi connectivity index (χ2v) is 12.5. The van der Waals surface area contributed by atoms with E-state index in [0.29, 0.717) is 34.2 Å². The lowest BCUT2D eigenvalue weighted by atomic mass is 9.79. The molecule has 2 fully saturated rings. The summed E-state index contributed by atoms with van der Waals surface area (Å²) in [5, 5.41) is 17.7. The van der Waals surface area contributed by atoms with Crippen molar-refractivity contribution in [3.05, 3.63) is 125 Å². The average molecular weight is 628 g/mol. The Morgan fingerprint density at radius 3 is 2.40 bits per heavy atom. The van der Waals surface area contributed by atoms with Crippen molar-refractivity contribution >= 4 is 34.9 Å². The van der Waals surface area contributed by atoms with Gasteiger partial charge in [0.15, 0.2) is 0 Å². The molecule has 8 nitrogen and oxygen atoms in total. The minimum atomic E-state index is -1.50. The summed E-state index contributed by atoms with van der Waals surface area (Å²) in [7, 11) is 0. The summed E-state index contributed by atoms with van der Waals surface area (Å²) in [5.41, 5.74) is 7.12. The van der Waals surface area contributed by atoms with Gasteiger partial charge in [0.05, 0.1) is 17.8 Å². The van der Waals surface area contributed by atoms with Gasteiger partial charge in [-0.3, -0.25) is 9.78 Å². The van der Waals surface area contributed by atoms with Gasteiger partial charge < -0.3 is 26.4 Å². The fraction of sp³-hybridized carbons (Fsp3) is 0.286. The van der Waals surface area contributed by atoms with E-state index in [9.17, 15) is 14.7 Å².